The summed E-state index contributed by atoms with van der Waals surface area (Å²) >= 11 is 0. The van der Waals surface area contributed by atoms with Gasteiger partial charge in [-0.05, 0) is 30.3 Å². The Kier molecular flexibility index (Phi) is 5.64. The Morgan fingerprint density at radius 1 is 0.929 bits per heavy atom. The van der Waals surface area contributed by atoms with E-state index in [0.717, 1.165) is 38.4 Å². The summed E-state index contributed by atoms with van der Waals surface area (Å²) in [4.78, 5) is 19.7. The van der Waals surface area contributed by atoms with E-state index in [1.54, 1.807) is 4.90 Å². The van der Waals surface area contributed by atoms with Crippen molar-refractivity contribution in [2.75, 3.05) is 36.4 Å². The molecule has 5 nitrogen and oxygen atoms in total. The fraction of sp³-hybridized carbons (Fsp3) is 0.217. The van der Waals surface area contributed by atoms with Gasteiger partial charge in [0.25, 0.3) is 11.7 Å². The molecule has 1 saturated heterocycles. The number of piperazine rings is 1. The molecule has 2 aromatic carbocycles. The summed E-state index contributed by atoms with van der Waals surface area (Å²) in [5.41, 5.74) is 2.77. The largest absolute Gasteiger partial charge is 0.325 e. The van der Waals surface area contributed by atoms with Crippen LogP contribution in [0.4, 0.5) is 11.5 Å². The van der Waals surface area contributed by atoms with Crippen molar-refractivity contribution in [2.45, 2.75) is 6.54 Å². The number of nitrogens with one attached hydrogen (secondary N) is 3. The highest BCUT2D eigenvalue weighted by molar-refractivity contribution is 6.04. The van der Waals surface area contributed by atoms with Crippen LogP contribution in [0.1, 0.15) is 15.9 Å². The predicted octanol–water partition coefficient (Wildman–Crippen LogP) is 1.66. The van der Waals surface area contributed by atoms with Crippen LogP contribution in [-0.4, -0.2) is 32.1 Å². The van der Waals surface area contributed by atoms with Gasteiger partial charge in [-0.3, -0.25) is 9.69 Å². The Bertz CT molecular complexity index is 889. The van der Waals surface area contributed by atoms with E-state index < -0.39 is 0 Å². The Morgan fingerprint density at radius 2 is 1.64 bits per heavy atom. The van der Waals surface area contributed by atoms with Gasteiger partial charge in [-0.25, -0.2) is 4.98 Å². The molecule has 0 aliphatic carbocycles. The summed E-state index contributed by atoms with van der Waals surface area (Å²) in [6.45, 7) is 5.31. The summed E-state index contributed by atoms with van der Waals surface area (Å²) < 4.78 is 0. The maximum absolute atomic E-state index is 12.4. The van der Waals surface area contributed by atoms with Crippen molar-refractivity contribution in [1.29, 1.82) is 0 Å². The van der Waals surface area contributed by atoms with Crippen LogP contribution in [0.5, 0.6) is 0 Å². The standard InChI is InChI=1S/C23H24N4O/c28-23(25-21-6-2-1-3-7-21)20-11-9-19(10-12-20)18-26-14-16-27(17-15-26)22-8-4-5-13-24-22/h1-13H,14-18H2,(H,25,28)/p+2. The van der Waals surface area contributed by atoms with Crippen LogP contribution in [0.2, 0.25) is 0 Å². The van der Waals surface area contributed by atoms with Crippen LogP contribution < -0.4 is 20.1 Å². The average molecular weight is 374 g/mol. The first kappa shape index (κ1) is 18.2. The lowest BCUT2D eigenvalue weighted by molar-refractivity contribution is -0.914. The number of hydrogen-bond acceptors (Lipinski definition) is 2. The minimum Gasteiger partial charge on any atom is -0.325 e. The molecule has 28 heavy (non-hydrogen) atoms. The van der Waals surface area contributed by atoms with Gasteiger partial charge in [-0.15, -0.1) is 0 Å². The highest BCUT2D eigenvalue weighted by atomic mass is 16.1. The second kappa shape index (κ2) is 8.67. The fourth-order valence-corrected chi connectivity index (χ4v) is 3.61. The molecular weight excluding hydrogens is 348 g/mol. The number of pyridine rings is 1. The van der Waals surface area contributed by atoms with E-state index in [1.165, 1.54) is 11.4 Å². The van der Waals surface area contributed by atoms with Crippen LogP contribution in [-0.2, 0) is 6.54 Å². The lowest BCUT2D eigenvalue weighted by Gasteiger charge is -2.28. The highest BCUT2D eigenvalue weighted by Gasteiger charge is 2.25. The smallest absolute Gasteiger partial charge is 0.274 e. The van der Waals surface area contributed by atoms with Gasteiger partial charge < -0.3 is 10.2 Å². The predicted molar refractivity (Wildman–Crippen MR) is 110 cm³/mol. The van der Waals surface area contributed by atoms with Crippen LogP contribution >= 0.6 is 0 Å². The third-order valence-corrected chi connectivity index (χ3v) is 5.21. The van der Waals surface area contributed by atoms with Gasteiger partial charge in [0.1, 0.15) is 32.7 Å². The number of aromatic nitrogens is 1. The topological polar surface area (TPSA) is 50.9 Å². The molecule has 4 rings (SSSR count). The van der Waals surface area contributed by atoms with Gasteiger partial charge >= 0.3 is 0 Å². The summed E-state index contributed by atoms with van der Waals surface area (Å²) in [5.74, 6) is 1.12. The maximum Gasteiger partial charge on any atom is 0.274 e. The van der Waals surface area contributed by atoms with Gasteiger partial charge in [-0.2, -0.15) is 0 Å². The van der Waals surface area contributed by atoms with Crippen LogP contribution in [0, 0.1) is 0 Å². The van der Waals surface area contributed by atoms with E-state index in [2.05, 4.69) is 39.5 Å². The molecule has 5 heteroatoms. The number of nitrogens with zero attached hydrogens (tertiary/aromatic N) is 1. The van der Waals surface area contributed by atoms with Gasteiger partial charge in [0.15, 0.2) is 0 Å². The molecule has 2 heterocycles. The molecule has 0 spiro atoms. The molecule has 1 aromatic heterocycles. The first-order valence-corrected chi connectivity index (χ1v) is 9.78. The molecular formula is C23H26N4O+2. The van der Waals surface area contributed by atoms with Crippen molar-refractivity contribution < 1.29 is 14.7 Å². The zero-order valence-corrected chi connectivity index (χ0v) is 15.9. The Balaban J connectivity index is 1.30. The number of para-hydroxylation sites is 1. The Labute approximate surface area is 165 Å². The van der Waals surface area contributed by atoms with Crippen molar-refractivity contribution in [1.82, 2.24) is 0 Å². The zero-order chi connectivity index (χ0) is 19.2. The van der Waals surface area contributed by atoms with Crippen molar-refractivity contribution in [3.63, 3.8) is 0 Å². The van der Waals surface area contributed by atoms with Crippen molar-refractivity contribution >= 4 is 17.4 Å². The highest BCUT2D eigenvalue weighted by Crippen LogP contribution is 2.10. The number of hydrogen-bond donors (Lipinski definition) is 2. The number of carbonyl (C=O) groups excluding carboxylic acids is 1. The van der Waals surface area contributed by atoms with Crippen molar-refractivity contribution in [3.05, 3.63) is 90.1 Å². The number of aromatic amines is 1. The lowest BCUT2D eigenvalue weighted by atomic mass is 10.1. The first-order valence-electron chi connectivity index (χ1n) is 9.78. The number of carbonyl (C=O) groups is 1. The second-order valence-corrected chi connectivity index (χ2v) is 7.18. The molecule has 1 fully saturated rings. The maximum atomic E-state index is 12.4. The Hall–Kier alpha value is -3.18. The lowest BCUT2D eigenvalue weighted by Crippen LogP contribution is -3.13. The minimum atomic E-state index is -0.0715. The van der Waals surface area contributed by atoms with Gasteiger partial charge in [-0.1, -0.05) is 36.4 Å². The van der Waals surface area contributed by atoms with Gasteiger partial charge in [0, 0.05) is 22.9 Å². The number of rotatable bonds is 5. The van der Waals surface area contributed by atoms with Crippen LogP contribution in [0.25, 0.3) is 0 Å². The average Bonchev–Trinajstić information content (AvgIpc) is 2.76. The van der Waals surface area contributed by atoms with Gasteiger partial charge in [0.05, 0.1) is 6.20 Å². The molecule has 3 aromatic rings. The number of anilines is 2. The molecule has 1 aliphatic heterocycles. The monoisotopic (exact) mass is 374 g/mol. The molecule has 0 radical (unpaired) electrons. The molecule has 0 atom stereocenters. The fourth-order valence-electron chi connectivity index (χ4n) is 3.61. The normalized spacial score (nSPS) is 14.6. The summed E-state index contributed by atoms with van der Waals surface area (Å²) in [6.07, 6.45) is 1.98. The van der Waals surface area contributed by atoms with E-state index in [1.807, 2.05) is 54.7 Å². The molecule has 3 N–H and O–H groups in total. The third-order valence-electron chi connectivity index (χ3n) is 5.21. The molecule has 0 saturated carbocycles. The molecule has 0 bridgehead atoms. The number of H-pyrrole nitrogens is 1. The van der Waals surface area contributed by atoms with Crippen molar-refractivity contribution in [2.24, 2.45) is 0 Å². The summed E-state index contributed by atoms with van der Waals surface area (Å²) in [5, 5.41) is 2.93. The van der Waals surface area contributed by atoms with Crippen LogP contribution in [0.3, 0.4) is 0 Å². The molecule has 0 unspecified atom stereocenters. The third kappa shape index (κ3) is 4.56. The van der Waals surface area contributed by atoms with E-state index >= 15 is 0 Å². The molecule has 1 aliphatic rings. The second-order valence-electron chi connectivity index (χ2n) is 7.18. The number of amides is 1. The quantitative estimate of drug-likeness (QED) is 0.714. The van der Waals surface area contributed by atoms with E-state index in [4.69, 9.17) is 0 Å². The van der Waals surface area contributed by atoms with Gasteiger partial charge in [0.2, 0.25) is 0 Å². The van der Waals surface area contributed by atoms with Crippen LogP contribution in [0.15, 0.2) is 79.0 Å². The van der Waals surface area contributed by atoms with Crippen molar-refractivity contribution in [3.8, 4) is 0 Å². The summed E-state index contributed by atoms with van der Waals surface area (Å²) in [7, 11) is 0. The van der Waals surface area contributed by atoms with E-state index in [-0.39, 0.29) is 5.91 Å². The SMILES string of the molecule is O=C(Nc1ccccc1)c1ccc(C[NH+]2CCN(c3cccc[nH+]3)CC2)cc1. The number of benzene rings is 2. The minimum absolute atomic E-state index is 0.0715. The number of quaternary nitrogens is 1. The van der Waals surface area contributed by atoms with E-state index in [0.29, 0.717) is 5.56 Å². The van der Waals surface area contributed by atoms with E-state index in [9.17, 15) is 4.79 Å². The molecule has 1 amide bonds. The zero-order valence-electron chi connectivity index (χ0n) is 15.9. The first-order chi connectivity index (χ1) is 13.8. The molecule has 142 valence electrons. The summed E-state index contributed by atoms with van der Waals surface area (Å²) in [6, 6.07) is 23.7. The Morgan fingerprint density at radius 3 is 2.32 bits per heavy atom.